The molecule has 0 spiro atoms. The Morgan fingerprint density at radius 1 is 0.569 bits per heavy atom. The van der Waals surface area contributed by atoms with Crippen molar-refractivity contribution in [2.24, 2.45) is 0 Å². The van der Waals surface area contributed by atoms with Gasteiger partial charge in [0.1, 0.15) is 5.01 Å². The Labute approximate surface area is 330 Å². The summed E-state index contributed by atoms with van der Waals surface area (Å²) in [6, 6.07) is 7.66. The molecule has 1 unspecified atom stereocenters. The van der Waals surface area contributed by atoms with Gasteiger partial charge in [-0.05, 0) is 88.4 Å². The predicted molar refractivity (Wildman–Crippen MR) is 237 cm³/mol. The smallest absolute Gasteiger partial charge is 0.167 e. The Morgan fingerprint density at radius 3 is 1.25 bits per heavy atom. The van der Waals surface area contributed by atoms with Crippen LogP contribution in [0.25, 0.3) is 10.2 Å². The van der Waals surface area contributed by atoms with E-state index in [0.717, 1.165) is 10.2 Å². The number of aromatic nitrogens is 1. The van der Waals surface area contributed by atoms with E-state index in [2.05, 4.69) is 55.5 Å². The quantitative estimate of drug-likeness (QED) is 0.0436. The Balaban J connectivity index is 0.000000735. The summed E-state index contributed by atoms with van der Waals surface area (Å²) in [5, 5.41) is 26.1. The summed E-state index contributed by atoms with van der Waals surface area (Å²) in [7, 11) is 0. The molecule has 2 aromatic rings. The third-order valence-corrected chi connectivity index (χ3v) is 10.7. The highest BCUT2D eigenvalue weighted by Crippen LogP contribution is 2.30. The maximum Gasteiger partial charge on any atom is 0.167 e. The second-order valence-corrected chi connectivity index (χ2v) is 16.0. The number of fused-ring (bicyclic) bond motifs is 1. The first-order valence-corrected chi connectivity index (χ1v) is 22.8. The fraction of sp³-hybridized carbons (Fsp3) is 0.791. The van der Waals surface area contributed by atoms with Crippen LogP contribution in [0, 0.1) is 0 Å². The van der Waals surface area contributed by atoms with E-state index in [1.165, 1.54) is 192 Å². The lowest BCUT2D eigenvalue weighted by molar-refractivity contribution is 0.511. The summed E-state index contributed by atoms with van der Waals surface area (Å²) in [5.41, 5.74) is 0.859. The number of aliphatic hydroxyl groups is 2. The normalized spacial score (nSPS) is 11.5. The van der Waals surface area contributed by atoms with Gasteiger partial charge in [0, 0.05) is 6.42 Å². The summed E-state index contributed by atoms with van der Waals surface area (Å²) in [5.74, 6) is -0.500. The molecule has 1 aromatic heterocycles. The van der Waals surface area contributed by atoms with Gasteiger partial charge < -0.3 is 20.8 Å². The minimum atomic E-state index is -0.500. The van der Waals surface area contributed by atoms with Crippen LogP contribution in [0.3, 0.4) is 0 Å². The van der Waals surface area contributed by atoms with Gasteiger partial charge in [-0.3, -0.25) is 0 Å². The molecule has 0 saturated carbocycles. The Bertz CT molecular complexity index is 957. The summed E-state index contributed by atoms with van der Waals surface area (Å²) in [6.45, 7) is 14.1. The topological polar surface area (TPSA) is 77.4 Å². The number of nitrogens with zero attached hydrogens (tertiary/aromatic N) is 1. The summed E-state index contributed by atoms with van der Waals surface area (Å²) in [6.07, 6.45) is 33.9. The molecule has 0 saturated heterocycles. The third kappa shape index (κ3) is 32.0. The van der Waals surface area contributed by atoms with Gasteiger partial charge in [0.15, 0.2) is 10.1 Å². The second-order valence-electron chi connectivity index (χ2n) is 14.1. The number of benzene rings is 1. The monoisotopic (exact) mass is 766 g/mol. The van der Waals surface area contributed by atoms with Gasteiger partial charge in [0.2, 0.25) is 0 Å². The molecule has 4 N–H and O–H groups in total. The lowest BCUT2D eigenvalue weighted by atomic mass is 10.1. The first kappa shape index (κ1) is 49.8. The van der Waals surface area contributed by atoms with Crippen molar-refractivity contribution in [1.29, 1.82) is 0 Å². The van der Waals surface area contributed by atoms with Crippen LogP contribution >= 0.6 is 35.8 Å². The number of nitrogens with one attached hydrogen (secondary N) is 2. The van der Waals surface area contributed by atoms with Crippen molar-refractivity contribution in [1.82, 2.24) is 15.6 Å². The van der Waals surface area contributed by atoms with Crippen molar-refractivity contribution < 1.29 is 10.2 Å². The Hall–Kier alpha value is -1.19. The van der Waals surface area contributed by atoms with Gasteiger partial charge in [-0.2, -0.15) is 0 Å². The molecular weight excluding hydrogens is 687 g/mol. The molecule has 1 aromatic carbocycles. The summed E-state index contributed by atoms with van der Waals surface area (Å²) < 4.78 is 1.02. The van der Waals surface area contributed by atoms with Gasteiger partial charge in [0.25, 0.3) is 0 Å². The van der Waals surface area contributed by atoms with Crippen molar-refractivity contribution in [3.05, 3.63) is 29.3 Å². The van der Waals surface area contributed by atoms with Gasteiger partial charge in [-0.1, -0.05) is 168 Å². The van der Waals surface area contributed by atoms with E-state index in [0.29, 0.717) is 5.01 Å². The van der Waals surface area contributed by atoms with Gasteiger partial charge in [-0.15, -0.1) is 11.3 Å². The van der Waals surface area contributed by atoms with Crippen molar-refractivity contribution in [3.8, 4) is 0 Å². The minimum absolute atomic E-state index is 0.129. The second kappa shape index (κ2) is 38.5. The zero-order chi connectivity index (χ0) is 37.6. The predicted octanol–water partition coefficient (Wildman–Crippen LogP) is 14.1. The number of hydrogen-bond acceptors (Lipinski definition) is 6. The van der Waals surface area contributed by atoms with Crippen molar-refractivity contribution in [2.45, 2.75) is 194 Å². The lowest BCUT2D eigenvalue weighted by Crippen LogP contribution is -2.16. The van der Waals surface area contributed by atoms with Crippen LogP contribution in [-0.4, -0.2) is 51.5 Å². The summed E-state index contributed by atoms with van der Waals surface area (Å²) >= 11 is 10.9. The first-order chi connectivity index (χ1) is 24.9. The zero-order valence-corrected chi connectivity index (χ0v) is 35.9. The molecule has 0 fully saturated rings. The molecule has 1 heterocycles. The molecule has 8 heteroatoms. The fourth-order valence-electron chi connectivity index (χ4n) is 5.87. The standard InChI is InChI=1S/2C16H35N.C11H9NO2S3/c2*1-3-5-7-9-11-13-15-17-16-14-12-10-8-6-4-2;13-9(15)5-6(11(14)16)10-12-7-3-1-2-4-8(7)17-10/h2*17H,3-16H2,1-2H3;1-4,6H,5H2,(H,13,15)(H,14,16). The number of rotatable bonds is 32. The number of hydrogen-bond donors (Lipinski definition) is 4. The molecule has 296 valence electrons. The average molecular weight is 766 g/mol. The van der Waals surface area contributed by atoms with E-state index in [4.69, 9.17) is 17.3 Å². The molecule has 5 nitrogen and oxygen atoms in total. The minimum Gasteiger partial charge on any atom is -0.502 e. The van der Waals surface area contributed by atoms with Crippen LogP contribution in [0.1, 0.15) is 199 Å². The van der Waals surface area contributed by atoms with Crippen LogP contribution in [0.15, 0.2) is 24.3 Å². The van der Waals surface area contributed by atoms with E-state index < -0.39 is 5.92 Å². The molecule has 0 aliphatic heterocycles. The van der Waals surface area contributed by atoms with Crippen LogP contribution < -0.4 is 10.6 Å². The number of para-hydroxylation sites is 1. The van der Waals surface area contributed by atoms with Crippen molar-refractivity contribution in [3.63, 3.8) is 0 Å². The van der Waals surface area contributed by atoms with Gasteiger partial charge in [0.05, 0.1) is 16.1 Å². The molecule has 51 heavy (non-hydrogen) atoms. The molecule has 1 atom stereocenters. The third-order valence-electron chi connectivity index (χ3n) is 9.11. The first-order valence-electron chi connectivity index (χ1n) is 21.1. The highest BCUT2D eigenvalue weighted by molar-refractivity contribution is 7.80. The highest BCUT2D eigenvalue weighted by atomic mass is 32.1. The van der Waals surface area contributed by atoms with E-state index in [-0.39, 0.29) is 16.5 Å². The van der Waals surface area contributed by atoms with Crippen LogP contribution in [0.5, 0.6) is 0 Å². The van der Waals surface area contributed by atoms with Crippen LogP contribution in [-0.2, 0) is 0 Å². The molecule has 2 rings (SSSR count). The van der Waals surface area contributed by atoms with Crippen LogP contribution in [0.2, 0.25) is 0 Å². The SMILES string of the molecule is CCCCCCCCNCCCCCCCC.CCCCCCCCNCCCCCCCC.OC(=S)CC(C(O)=S)c1nc2ccccc2s1. The molecule has 0 aliphatic rings. The van der Waals surface area contributed by atoms with Crippen LogP contribution in [0.4, 0.5) is 0 Å². The Morgan fingerprint density at radius 2 is 0.922 bits per heavy atom. The van der Waals surface area contributed by atoms with E-state index >= 15 is 0 Å². The zero-order valence-electron chi connectivity index (χ0n) is 33.5. The van der Waals surface area contributed by atoms with Crippen molar-refractivity contribution >= 4 is 56.1 Å². The number of aliphatic hydroxyl groups excluding tert-OH is 2. The maximum atomic E-state index is 9.47. The van der Waals surface area contributed by atoms with E-state index in [1.807, 2.05) is 24.3 Å². The highest BCUT2D eigenvalue weighted by Gasteiger charge is 2.22. The number of thiazole rings is 1. The Kier molecular flexibility index (Phi) is 37.6. The lowest BCUT2D eigenvalue weighted by Gasteiger charge is -2.08. The average Bonchev–Trinajstić information content (AvgIpc) is 3.56. The van der Waals surface area contributed by atoms with Crippen molar-refractivity contribution in [2.75, 3.05) is 26.2 Å². The number of unbranched alkanes of at least 4 members (excludes halogenated alkanes) is 20. The molecular formula is C43H79N3O2S3. The molecule has 0 radical (unpaired) electrons. The fourth-order valence-corrected chi connectivity index (χ4v) is 7.37. The van der Waals surface area contributed by atoms with E-state index in [9.17, 15) is 5.11 Å². The van der Waals surface area contributed by atoms with Gasteiger partial charge in [-0.25, -0.2) is 4.98 Å². The van der Waals surface area contributed by atoms with E-state index in [1.54, 1.807) is 0 Å². The number of thiocarbonyl (C=S) groups is 2. The largest absolute Gasteiger partial charge is 0.502 e. The van der Waals surface area contributed by atoms with Gasteiger partial charge >= 0.3 is 0 Å². The molecule has 0 aliphatic carbocycles. The molecule has 0 amide bonds. The maximum absolute atomic E-state index is 9.47. The summed E-state index contributed by atoms with van der Waals surface area (Å²) in [4.78, 5) is 4.39. The molecule has 0 bridgehead atoms.